The number of pyridine rings is 1. The zero-order chi connectivity index (χ0) is 17.9. The Morgan fingerprint density at radius 3 is 3.08 bits per heavy atom. The molecule has 1 aliphatic rings. The van der Waals surface area contributed by atoms with Crippen molar-refractivity contribution in [1.82, 2.24) is 13.7 Å². The van der Waals surface area contributed by atoms with Crippen LogP contribution in [-0.2, 0) is 17.6 Å². The van der Waals surface area contributed by atoms with E-state index in [1.807, 2.05) is 24.3 Å². The number of nitrogens with zero attached hydrogens (tertiary/aromatic N) is 4. The van der Waals surface area contributed by atoms with Crippen LogP contribution in [0.2, 0.25) is 0 Å². The fourth-order valence-corrected chi connectivity index (χ4v) is 4.36. The van der Waals surface area contributed by atoms with Crippen molar-refractivity contribution in [2.45, 2.75) is 30.7 Å². The Bertz CT molecular complexity index is 1020. The molecule has 0 saturated carbocycles. The SMILES string of the molecule is N#Cc1cc2c(nc1SCC(=O)Nc1cccc3nsnc13)CCCC2. The van der Waals surface area contributed by atoms with Gasteiger partial charge in [0.1, 0.15) is 22.1 Å². The van der Waals surface area contributed by atoms with E-state index in [1.54, 1.807) is 0 Å². The van der Waals surface area contributed by atoms with Gasteiger partial charge in [-0.3, -0.25) is 4.79 Å². The van der Waals surface area contributed by atoms with Crippen LogP contribution in [0.5, 0.6) is 0 Å². The van der Waals surface area contributed by atoms with Gasteiger partial charge in [-0.2, -0.15) is 14.0 Å². The molecule has 0 spiro atoms. The highest BCUT2D eigenvalue weighted by molar-refractivity contribution is 8.00. The first-order valence-corrected chi connectivity index (χ1v) is 10.0. The monoisotopic (exact) mass is 381 g/mol. The summed E-state index contributed by atoms with van der Waals surface area (Å²) in [5, 5.41) is 12.9. The molecule has 4 rings (SSSR count). The molecule has 26 heavy (non-hydrogen) atoms. The average molecular weight is 381 g/mol. The maximum atomic E-state index is 12.4. The number of rotatable bonds is 4. The Morgan fingerprint density at radius 2 is 2.19 bits per heavy atom. The molecule has 130 valence electrons. The number of aryl methyl sites for hydroxylation is 2. The number of amides is 1. The molecule has 1 N–H and O–H groups in total. The third kappa shape index (κ3) is 3.41. The molecular formula is C18H15N5OS2. The zero-order valence-corrected chi connectivity index (χ0v) is 15.5. The molecule has 2 heterocycles. The number of hydrogen-bond donors (Lipinski definition) is 1. The van der Waals surface area contributed by atoms with Crippen LogP contribution in [0.3, 0.4) is 0 Å². The molecule has 3 aromatic rings. The van der Waals surface area contributed by atoms with Gasteiger partial charge in [-0.25, -0.2) is 4.98 Å². The molecule has 0 saturated heterocycles. The van der Waals surface area contributed by atoms with Gasteiger partial charge in [0.15, 0.2) is 0 Å². The molecule has 0 atom stereocenters. The number of hydrogen-bond acceptors (Lipinski definition) is 7. The molecule has 2 aromatic heterocycles. The fraction of sp³-hybridized carbons (Fsp3) is 0.278. The van der Waals surface area contributed by atoms with Gasteiger partial charge in [0.2, 0.25) is 5.91 Å². The van der Waals surface area contributed by atoms with E-state index in [0.29, 0.717) is 21.8 Å². The zero-order valence-electron chi connectivity index (χ0n) is 13.9. The fourth-order valence-electron chi connectivity index (χ4n) is 3.03. The van der Waals surface area contributed by atoms with Gasteiger partial charge in [0.25, 0.3) is 0 Å². The molecule has 0 fully saturated rings. The summed E-state index contributed by atoms with van der Waals surface area (Å²) < 4.78 is 8.39. The quantitative estimate of drug-likeness (QED) is 0.695. The lowest BCUT2D eigenvalue weighted by Gasteiger charge is -2.16. The van der Waals surface area contributed by atoms with Crippen LogP contribution in [0.4, 0.5) is 5.69 Å². The van der Waals surface area contributed by atoms with Crippen molar-refractivity contribution in [3.63, 3.8) is 0 Å². The van der Waals surface area contributed by atoms with Crippen LogP contribution in [0.15, 0.2) is 29.3 Å². The molecule has 1 aromatic carbocycles. The van der Waals surface area contributed by atoms with Gasteiger partial charge >= 0.3 is 0 Å². The van der Waals surface area contributed by atoms with Crippen molar-refractivity contribution in [2.75, 3.05) is 11.1 Å². The maximum Gasteiger partial charge on any atom is 0.234 e. The highest BCUT2D eigenvalue weighted by Gasteiger charge is 2.17. The summed E-state index contributed by atoms with van der Waals surface area (Å²) in [5.41, 5.74) is 4.90. The number of nitrogens with one attached hydrogen (secondary N) is 1. The molecule has 1 aliphatic carbocycles. The summed E-state index contributed by atoms with van der Waals surface area (Å²) in [5.74, 6) is 0.0351. The number of thioether (sulfide) groups is 1. The first kappa shape index (κ1) is 16.9. The number of fused-ring (bicyclic) bond motifs is 2. The van der Waals surface area contributed by atoms with E-state index in [9.17, 15) is 10.1 Å². The predicted molar refractivity (Wildman–Crippen MR) is 102 cm³/mol. The van der Waals surface area contributed by atoms with E-state index >= 15 is 0 Å². The molecular weight excluding hydrogens is 366 g/mol. The van der Waals surface area contributed by atoms with Crippen molar-refractivity contribution in [1.29, 1.82) is 5.26 Å². The second-order valence-corrected chi connectivity index (χ2v) is 7.53. The van der Waals surface area contributed by atoms with Crippen LogP contribution in [0, 0.1) is 11.3 Å². The molecule has 0 bridgehead atoms. The highest BCUT2D eigenvalue weighted by Crippen LogP contribution is 2.28. The van der Waals surface area contributed by atoms with Gasteiger partial charge in [0.05, 0.1) is 28.7 Å². The van der Waals surface area contributed by atoms with Crippen molar-refractivity contribution in [2.24, 2.45) is 0 Å². The third-order valence-corrected chi connectivity index (χ3v) is 5.82. The first-order valence-electron chi connectivity index (χ1n) is 8.31. The summed E-state index contributed by atoms with van der Waals surface area (Å²) in [4.78, 5) is 17.0. The lowest BCUT2D eigenvalue weighted by atomic mass is 9.95. The number of carbonyl (C=O) groups is 1. The summed E-state index contributed by atoms with van der Waals surface area (Å²) in [6.07, 6.45) is 4.20. The highest BCUT2D eigenvalue weighted by atomic mass is 32.2. The number of nitriles is 1. The van der Waals surface area contributed by atoms with E-state index in [1.165, 1.54) is 17.3 Å². The van der Waals surface area contributed by atoms with Gasteiger partial charge in [-0.15, -0.1) is 0 Å². The van der Waals surface area contributed by atoms with E-state index < -0.39 is 0 Å². The lowest BCUT2D eigenvalue weighted by molar-refractivity contribution is -0.113. The van der Waals surface area contributed by atoms with E-state index in [0.717, 1.165) is 48.6 Å². The Labute approximate surface area is 159 Å². The van der Waals surface area contributed by atoms with E-state index in [-0.39, 0.29) is 11.7 Å². The molecule has 1 amide bonds. The minimum Gasteiger partial charge on any atom is -0.323 e. The van der Waals surface area contributed by atoms with Crippen molar-refractivity contribution in [3.05, 3.63) is 41.1 Å². The van der Waals surface area contributed by atoms with Crippen LogP contribution in [0.25, 0.3) is 11.0 Å². The van der Waals surface area contributed by atoms with Crippen LogP contribution < -0.4 is 5.32 Å². The second kappa shape index (κ2) is 7.40. The summed E-state index contributed by atoms with van der Waals surface area (Å²) >= 11 is 2.42. The summed E-state index contributed by atoms with van der Waals surface area (Å²) in [6.45, 7) is 0. The third-order valence-electron chi connectivity index (χ3n) is 4.29. The Balaban J connectivity index is 1.48. The Kier molecular flexibility index (Phi) is 4.82. The number of benzene rings is 1. The standard InChI is InChI=1S/C18H15N5OS2/c19-9-12-8-11-4-1-2-5-13(11)21-18(12)25-10-16(24)20-14-6-3-7-15-17(14)23-26-22-15/h3,6-8H,1-2,4-5,10H2,(H,20,24). The molecule has 8 heteroatoms. The normalized spacial score (nSPS) is 13.2. The van der Waals surface area contributed by atoms with Crippen molar-refractivity contribution >= 4 is 46.1 Å². The van der Waals surface area contributed by atoms with Gasteiger partial charge in [-0.1, -0.05) is 17.8 Å². The first-order chi connectivity index (χ1) is 12.7. The number of aromatic nitrogens is 3. The number of carbonyl (C=O) groups excluding carboxylic acids is 1. The van der Waals surface area contributed by atoms with Crippen molar-refractivity contribution < 1.29 is 4.79 Å². The predicted octanol–water partition coefficient (Wildman–Crippen LogP) is 3.57. The van der Waals surface area contributed by atoms with Gasteiger partial charge < -0.3 is 5.32 Å². The minimum absolute atomic E-state index is 0.154. The van der Waals surface area contributed by atoms with Gasteiger partial charge in [-0.05, 0) is 49.4 Å². The van der Waals surface area contributed by atoms with Crippen LogP contribution in [0.1, 0.15) is 29.7 Å². The molecule has 0 radical (unpaired) electrons. The van der Waals surface area contributed by atoms with Crippen LogP contribution in [-0.4, -0.2) is 25.4 Å². The summed E-state index contributed by atoms with van der Waals surface area (Å²) in [6, 6.07) is 9.65. The second-order valence-electron chi connectivity index (χ2n) is 6.04. The summed E-state index contributed by atoms with van der Waals surface area (Å²) in [7, 11) is 0. The van der Waals surface area contributed by atoms with E-state index in [4.69, 9.17) is 0 Å². The van der Waals surface area contributed by atoms with Crippen molar-refractivity contribution in [3.8, 4) is 6.07 Å². The smallest absolute Gasteiger partial charge is 0.234 e. The largest absolute Gasteiger partial charge is 0.323 e. The minimum atomic E-state index is -0.154. The average Bonchev–Trinajstić information content (AvgIpc) is 3.15. The molecule has 0 unspecified atom stereocenters. The molecule has 6 nitrogen and oxygen atoms in total. The van der Waals surface area contributed by atoms with Gasteiger partial charge in [0, 0.05) is 5.69 Å². The lowest BCUT2D eigenvalue weighted by Crippen LogP contribution is -2.15. The van der Waals surface area contributed by atoms with E-state index in [2.05, 4.69) is 25.1 Å². The molecule has 0 aliphatic heterocycles. The maximum absolute atomic E-state index is 12.4. The Morgan fingerprint density at radius 1 is 1.31 bits per heavy atom. The Hall–Kier alpha value is -2.50. The number of anilines is 1. The topological polar surface area (TPSA) is 91.6 Å². The van der Waals surface area contributed by atoms with Crippen LogP contribution >= 0.6 is 23.5 Å².